The van der Waals surface area contributed by atoms with Crippen LogP contribution in [0, 0.1) is 0 Å². The number of hydrogen-bond donors (Lipinski definition) is 2. The topological polar surface area (TPSA) is 86.7 Å². The van der Waals surface area contributed by atoms with Gasteiger partial charge in [0, 0.05) is 5.69 Å². The predicted octanol–water partition coefficient (Wildman–Crippen LogP) is 2.13. The lowest BCUT2D eigenvalue weighted by molar-refractivity contribution is -0.121. The summed E-state index contributed by atoms with van der Waals surface area (Å²) >= 11 is 0. The van der Waals surface area contributed by atoms with Gasteiger partial charge in [-0.3, -0.25) is 9.59 Å². The van der Waals surface area contributed by atoms with Crippen molar-refractivity contribution in [3.63, 3.8) is 0 Å². The van der Waals surface area contributed by atoms with Crippen LogP contribution in [0.2, 0.25) is 0 Å². The minimum absolute atomic E-state index is 0.0639. The first kappa shape index (κ1) is 14.8. The molecule has 0 spiro atoms. The van der Waals surface area contributed by atoms with Crippen LogP contribution in [0.3, 0.4) is 0 Å². The Morgan fingerprint density at radius 2 is 1.70 bits per heavy atom. The number of nitrogens with one attached hydrogen (secondary N) is 1. The van der Waals surface area contributed by atoms with Crippen molar-refractivity contribution < 1.29 is 19.5 Å². The SMILES string of the molecule is O=C(O)c1ccc(N2C(=O)CC(Nc3ccccc3)C2=O)cc1. The van der Waals surface area contributed by atoms with Gasteiger partial charge in [-0.15, -0.1) is 0 Å². The Kier molecular flexibility index (Phi) is 3.80. The van der Waals surface area contributed by atoms with Gasteiger partial charge in [0.25, 0.3) is 5.91 Å². The average molecular weight is 310 g/mol. The van der Waals surface area contributed by atoms with Crippen molar-refractivity contribution in [1.82, 2.24) is 0 Å². The van der Waals surface area contributed by atoms with Crippen LogP contribution in [-0.4, -0.2) is 28.9 Å². The molecule has 6 nitrogen and oxygen atoms in total. The number of nitrogens with zero attached hydrogens (tertiary/aromatic N) is 1. The van der Waals surface area contributed by atoms with Gasteiger partial charge in [0.2, 0.25) is 5.91 Å². The van der Waals surface area contributed by atoms with Crippen LogP contribution in [0.1, 0.15) is 16.8 Å². The largest absolute Gasteiger partial charge is 0.478 e. The molecule has 3 rings (SSSR count). The lowest BCUT2D eigenvalue weighted by Crippen LogP contribution is -2.34. The van der Waals surface area contributed by atoms with Crippen LogP contribution in [0.15, 0.2) is 54.6 Å². The Bertz CT molecular complexity index is 756. The highest BCUT2D eigenvalue weighted by Gasteiger charge is 2.39. The zero-order valence-corrected chi connectivity index (χ0v) is 12.1. The number of para-hydroxylation sites is 1. The highest BCUT2D eigenvalue weighted by molar-refractivity contribution is 6.23. The van der Waals surface area contributed by atoms with Crippen LogP contribution >= 0.6 is 0 Å². The molecule has 0 saturated carbocycles. The molecule has 1 fully saturated rings. The van der Waals surface area contributed by atoms with Gasteiger partial charge in [0.05, 0.1) is 17.7 Å². The molecule has 6 heteroatoms. The minimum Gasteiger partial charge on any atom is -0.478 e. The van der Waals surface area contributed by atoms with E-state index in [1.54, 1.807) is 0 Å². The number of carbonyl (C=O) groups is 3. The third kappa shape index (κ3) is 2.91. The Morgan fingerprint density at radius 3 is 2.30 bits per heavy atom. The van der Waals surface area contributed by atoms with Gasteiger partial charge < -0.3 is 10.4 Å². The fourth-order valence-corrected chi connectivity index (χ4v) is 2.50. The maximum Gasteiger partial charge on any atom is 0.335 e. The summed E-state index contributed by atoms with van der Waals surface area (Å²) in [4.78, 5) is 36.6. The van der Waals surface area contributed by atoms with Crippen molar-refractivity contribution in [2.24, 2.45) is 0 Å². The number of hydrogen-bond acceptors (Lipinski definition) is 4. The van der Waals surface area contributed by atoms with E-state index >= 15 is 0 Å². The molecule has 0 radical (unpaired) electrons. The lowest BCUT2D eigenvalue weighted by Gasteiger charge is -2.16. The van der Waals surface area contributed by atoms with Crippen molar-refractivity contribution >= 4 is 29.2 Å². The third-order valence-electron chi connectivity index (χ3n) is 3.63. The zero-order valence-electron chi connectivity index (χ0n) is 12.1. The van der Waals surface area contributed by atoms with E-state index in [-0.39, 0.29) is 23.8 Å². The molecule has 2 N–H and O–H groups in total. The van der Waals surface area contributed by atoms with Gasteiger partial charge >= 0.3 is 5.97 Å². The van der Waals surface area contributed by atoms with E-state index in [2.05, 4.69) is 5.32 Å². The normalized spacial score (nSPS) is 17.4. The first-order chi connectivity index (χ1) is 11.1. The summed E-state index contributed by atoms with van der Waals surface area (Å²) < 4.78 is 0. The van der Waals surface area contributed by atoms with Gasteiger partial charge in [-0.05, 0) is 36.4 Å². The molecule has 1 atom stereocenters. The maximum atomic E-state index is 12.5. The van der Waals surface area contributed by atoms with Gasteiger partial charge in [0.15, 0.2) is 0 Å². The standard InChI is InChI=1S/C17H14N2O4/c20-15-10-14(18-12-4-2-1-3-5-12)16(21)19(15)13-8-6-11(7-9-13)17(22)23/h1-9,14,18H,10H2,(H,22,23). The summed E-state index contributed by atoms with van der Waals surface area (Å²) in [6, 6.07) is 14.2. The van der Waals surface area contributed by atoms with Crippen molar-refractivity contribution in [3.05, 3.63) is 60.2 Å². The molecular weight excluding hydrogens is 296 g/mol. The van der Waals surface area contributed by atoms with Gasteiger partial charge in [-0.25, -0.2) is 9.69 Å². The highest BCUT2D eigenvalue weighted by atomic mass is 16.4. The predicted molar refractivity (Wildman–Crippen MR) is 84.4 cm³/mol. The number of benzene rings is 2. The fourth-order valence-electron chi connectivity index (χ4n) is 2.50. The molecule has 0 bridgehead atoms. The second-order valence-electron chi connectivity index (χ2n) is 5.19. The van der Waals surface area contributed by atoms with E-state index in [1.165, 1.54) is 24.3 Å². The van der Waals surface area contributed by atoms with E-state index in [4.69, 9.17) is 5.11 Å². The van der Waals surface area contributed by atoms with E-state index < -0.39 is 12.0 Å². The maximum absolute atomic E-state index is 12.5. The lowest BCUT2D eigenvalue weighted by atomic mass is 10.2. The molecule has 0 aromatic heterocycles. The number of carboxylic acid groups (broad SMARTS) is 1. The first-order valence-electron chi connectivity index (χ1n) is 7.08. The zero-order chi connectivity index (χ0) is 16.4. The molecule has 2 aromatic carbocycles. The molecule has 1 aliphatic rings. The number of anilines is 2. The van der Waals surface area contributed by atoms with Crippen LogP contribution in [-0.2, 0) is 9.59 Å². The van der Waals surface area contributed by atoms with E-state index in [1.807, 2.05) is 30.3 Å². The number of aromatic carboxylic acids is 1. The fraction of sp³-hybridized carbons (Fsp3) is 0.118. The Labute approximate surface area is 132 Å². The quantitative estimate of drug-likeness (QED) is 0.845. The number of rotatable bonds is 4. The molecule has 2 amide bonds. The van der Waals surface area contributed by atoms with E-state index in [0.29, 0.717) is 5.69 Å². The van der Waals surface area contributed by atoms with Crippen molar-refractivity contribution in [2.75, 3.05) is 10.2 Å². The Hall–Kier alpha value is -3.15. The van der Waals surface area contributed by atoms with Gasteiger partial charge in [-0.1, -0.05) is 18.2 Å². The second-order valence-corrected chi connectivity index (χ2v) is 5.19. The van der Waals surface area contributed by atoms with Crippen LogP contribution in [0.5, 0.6) is 0 Å². The number of amides is 2. The van der Waals surface area contributed by atoms with Crippen molar-refractivity contribution in [2.45, 2.75) is 12.5 Å². The number of carbonyl (C=O) groups excluding carboxylic acids is 2. The average Bonchev–Trinajstić information content (AvgIpc) is 2.82. The molecule has 1 heterocycles. The molecule has 1 saturated heterocycles. The first-order valence-corrected chi connectivity index (χ1v) is 7.08. The smallest absolute Gasteiger partial charge is 0.335 e. The molecule has 116 valence electrons. The highest BCUT2D eigenvalue weighted by Crippen LogP contribution is 2.25. The molecular formula is C17H14N2O4. The number of carboxylic acids is 1. The summed E-state index contributed by atoms with van der Waals surface area (Å²) in [5.74, 6) is -1.72. The third-order valence-corrected chi connectivity index (χ3v) is 3.63. The summed E-state index contributed by atoms with van der Waals surface area (Å²) in [7, 11) is 0. The van der Waals surface area contributed by atoms with Crippen molar-refractivity contribution in [3.8, 4) is 0 Å². The molecule has 23 heavy (non-hydrogen) atoms. The summed E-state index contributed by atoms with van der Waals surface area (Å²) in [5, 5.41) is 11.9. The van der Waals surface area contributed by atoms with Crippen LogP contribution in [0.4, 0.5) is 11.4 Å². The van der Waals surface area contributed by atoms with Gasteiger partial charge in [-0.2, -0.15) is 0 Å². The summed E-state index contributed by atoms with van der Waals surface area (Å²) in [5.41, 5.74) is 1.25. The van der Waals surface area contributed by atoms with Crippen LogP contribution in [0.25, 0.3) is 0 Å². The Balaban J connectivity index is 1.79. The van der Waals surface area contributed by atoms with Gasteiger partial charge in [0.1, 0.15) is 6.04 Å². The molecule has 1 unspecified atom stereocenters. The Morgan fingerprint density at radius 1 is 1.04 bits per heavy atom. The minimum atomic E-state index is -1.06. The molecule has 2 aromatic rings. The van der Waals surface area contributed by atoms with E-state index in [0.717, 1.165) is 10.6 Å². The van der Waals surface area contributed by atoms with Crippen LogP contribution < -0.4 is 10.2 Å². The van der Waals surface area contributed by atoms with Crippen molar-refractivity contribution in [1.29, 1.82) is 0 Å². The molecule has 0 aliphatic carbocycles. The molecule has 1 aliphatic heterocycles. The number of imide groups is 1. The summed E-state index contributed by atoms with van der Waals surface area (Å²) in [6.07, 6.45) is 0.0639. The monoisotopic (exact) mass is 310 g/mol. The second kappa shape index (κ2) is 5.92. The summed E-state index contributed by atoms with van der Waals surface area (Å²) in [6.45, 7) is 0. The van der Waals surface area contributed by atoms with E-state index in [9.17, 15) is 14.4 Å².